The van der Waals surface area contributed by atoms with E-state index in [4.69, 9.17) is 14.9 Å². The summed E-state index contributed by atoms with van der Waals surface area (Å²) in [7, 11) is 1.69. The van der Waals surface area contributed by atoms with Crippen molar-refractivity contribution in [3.63, 3.8) is 0 Å². The molecule has 0 bridgehead atoms. The Balaban J connectivity index is 0.00000192. The number of aromatic nitrogens is 2. The molecule has 126 valence electrons. The molecule has 0 atom stereocenters. The molecule has 1 aromatic carbocycles. The van der Waals surface area contributed by atoms with Crippen LogP contribution < -0.4 is 15.8 Å². The molecule has 3 N–H and O–H groups in total. The van der Waals surface area contributed by atoms with Crippen LogP contribution in [0.25, 0.3) is 0 Å². The number of nitrogens with two attached hydrogens (primary N) is 1. The van der Waals surface area contributed by atoms with Crippen LogP contribution in [0.5, 0.6) is 5.75 Å². The zero-order valence-electron chi connectivity index (χ0n) is 13.2. The number of hydrogen-bond acceptors (Lipinski definition) is 6. The third kappa shape index (κ3) is 3.76. The van der Waals surface area contributed by atoms with Crippen molar-refractivity contribution in [2.45, 2.75) is 37.6 Å². The van der Waals surface area contributed by atoms with Crippen molar-refractivity contribution in [1.29, 1.82) is 0 Å². The van der Waals surface area contributed by atoms with Crippen LogP contribution in [0.4, 0.5) is 6.01 Å². The molecule has 3 rings (SSSR count). The van der Waals surface area contributed by atoms with Gasteiger partial charge in [0.1, 0.15) is 5.75 Å². The van der Waals surface area contributed by atoms with Crippen molar-refractivity contribution in [3.8, 4) is 5.75 Å². The van der Waals surface area contributed by atoms with Crippen LogP contribution >= 0.6 is 12.4 Å². The van der Waals surface area contributed by atoms with Gasteiger partial charge in [0, 0.05) is 12.0 Å². The SMILES string of the molecule is COc1ccc(C2(CNc3nnc(CN)o3)CCCC2)cc1.Cl. The second-order valence-corrected chi connectivity index (χ2v) is 5.77. The Morgan fingerprint density at radius 1 is 1.22 bits per heavy atom. The number of hydrogen-bond donors (Lipinski definition) is 2. The monoisotopic (exact) mass is 338 g/mol. The number of benzene rings is 1. The van der Waals surface area contributed by atoms with E-state index in [0.29, 0.717) is 11.9 Å². The molecule has 1 fully saturated rings. The van der Waals surface area contributed by atoms with E-state index in [1.807, 2.05) is 12.1 Å². The predicted octanol–water partition coefficient (Wildman–Crippen LogP) is 2.88. The first-order valence-corrected chi connectivity index (χ1v) is 7.67. The first-order valence-electron chi connectivity index (χ1n) is 7.67. The lowest BCUT2D eigenvalue weighted by molar-refractivity contribution is 0.412. The second kappa shape index (κ2) is 7.66. The molecule has 1 heterocycles. The van der Waals surface area contributed by atoms with E-state index in [0.717, 1.165) is 25.1 Å². The van der Waals surface area contributed by atoms with E-state index in [1.54, 1.807) is 7.11 Å². The van der Waals surface area contributed by atoms with Crippen LogP contribution in [-0.2, 0) is 12.0 Å². The molecule has 0 saturated heterocycles. The van der Waals surface area contributed by atoms with Gasteiger partial charge in [-0.05, 0) is 30.5 Å². The summed E-state index contributed by atoms with van der Waals surface area (Å²) in [4.78, 5) is 0. The van der Waals surface area contributed by atoms with Gasteiger partial charge < -0.3 is 20.2 Å². The van der Waals surface area contributed by atoms with Crippen molar-refractivity contribution in [1.82, 2.24) is 10.2 Å². The Morgan fingerprint density at radius 2 is 1.91 bits per heavy atom. The minimum absolute atomic E-state index is 0. The number of halogens is 1. The molecular formula is C16H23ClN4O2. The Hall–Kier alpha value is -1.79. The zero-order valence-corrected chi connectivity index (χ0v) is 14.1. The van der Waals surface area contributed by atoms with Gasteiger partial charge in [-0.25, -0.2) is 0 Å². The van der Waals surface area contributed by atoms with Crippen LogP contribution in [0.1, 0.15) is 37.1 Å². The van der Waals surface area contributed by atoms with Crippen molar-refractivity contribution in [3.05, 3.63) is 35.7 Å². The Labute approximate surface area is 142 Å². The van der Waals surface area contributed by atoms with Crippen LogP contribution in [0.3, 0.4) is 0 Å². The maximum Gasteiger partial charge on any atom is 0.315 e. The van der Waals surface area contributed by atoms with Gasteiger partial charge >= 0.3 is 6.01 Å². The Bertz CT molecular complexity index is 609. The summed E-state index contributed by atoms with van der Waals surface area (Å²) in [5.41, 5.74) is 6.94. The molecule has 0 unspecified atom stereocenters. The molecular weight excluding hydrogens is 316 g/mol. The molecule has 2 aromatic rings. The average Bonchev–Trinajstić information content (AvgIpc) is 3.23. The normalized spacial score (nSPS) is 15.9. The summed E-state index contributed by atoms with van der Waals surface area (Å²) >= 11 is 0. The quantitative estimate of drug-likeness (QED) is 0.842. The van der Waals surface area contributed by atoms with Crippen molar-refractivity contribution in [2.24, 2.45) is 5.73 Å². The van der Waals surface area contributed by atoms with Gasteiger partial charge in [-0.3, -0.25) is 0 Å². The van der Waals surface area contributed by atoms with Gasteiger partial charge in [0.25, 0.3) is 0 Å². The lowest BCUT2D eigenvalue weighted by Gasteiger charge is -2.29. The van der Waals surface area contributed by atoms with Gasteiger partial charge in [0.15, 0.2) is 0 Å². The van der Waals surface area contributed by atoms with Crippen LogP contribution in [-0.4, -0.2) is 23.9 Å². The molecule has 0 amide bonds. The second-order valence-electron chi connectivity index (χ2n) is 5.77. The fraction of sp³-hybridized carbons (Fsp3) is 0.500. The Morgan fingerprint density at radius 3 is 2.48 bits per heavy atom. The first kappa shape index (κ1) is 17.6. The lowest BCUT2D eigenvalue weighted by Crippen LogP contribution is -2.31. The standard InChI is InChI=1S/C16H22N4O2.ClH/c1-21-13-6-4-12(5-7-13)16(8-2-3-9-16)11-18-15-20-19-14(10-17)22-15;/h4-7H,2-3,8-11,17H2,1H3,(H,18,20);1H. The molecule has 6 nitrogen and oxygen atoms in total. The van der Waals surface area contributed by atoms with E-state index >= 15 is 0 Å². The number of rotatable bonds is 6. The minimum atomic E-state index is 0. The molecule has 0 radical (unpaired) electrons. The highest BCUT2D eigenvalue weighted by molar-refractivity contribution is 5.85. The molecule has 0 aliphatic heterocycles. The number of anilines is 1. The number of nitrogens with zero attached hydrogens (tertiary/aromatic N) is 2. The van der Waals surface area contributed by atoms with Gasteiger partial charge in [-0.1, -0.05) is 30.1 Å². The summed E-state index contributed by atoms with van der Waals surface area (Å²) in [6.07, 6.45) is 4.80. The predicted molar refractivity (Wildman–Crippen MR) is 91.1 cm³/mol. The van der Waals surface area contributed by atoms with Gasteiger partial charge in [0.05, 0.1) is 13.7 Å². The van der Waals surface area contributed by atoms with Gasteiger partial charge in [-0.15, -0.1) is 17.5 Å². The smallest absolute Gasteiger partial charge is 0.315 e. The van der Waals surface area contributed by atoms with E-state index in [-0.39, 0.29) is 24.4 Å². The first-order chi connectivity index (χ1) is 10.8. The zero-order chi connectivity index (χ0) is 15.4. The summed E-state index contributed by atoms with van der Waals surface area (Å²) in [6, 6.07) is 8.80. The molecule has 1 aliphatic carbocycles. The molecule has 1 aromatic heterocycles. The van der Waals surface area contributed by atoms with Crippen LogP contribution in [0.15, 0.2) is 28.7 Å². The van der Waals surface area contributed by atoms with E-state index < -0.39 is 0 Å². The van der Waals surface area contributed by atoms with Gasteiger partial charge in [0.2, 0.25) is 5.89 Å². The molecule has 0 spiro atoms. The average molecular weight is 339 g/mol. The molecule has 23 heavy (non-hydrogen) atoms. The molecule has 7 heteroatoms. The van der Waals surface area contributed by atoms with E-state index in [2.05, 4.69) is 27.6 Å². The van der Waals surface area contributed by atoms with Crippen molar-refractivity contribution in [2.75, 3.05) is 19.0 Å². The maximum absolute atomic E-state index is 5.49. The third-order valence-corrected chi connectivity index (χ3v) is 4.48. The van der Waals surface area contributed by atoms with Crippen molar-refractivity contribution < 1.29 is 9.15 Å². The minimum Gasteiger partial charge on any atom is -0.497 e. The van der Waals surface area contributed by atoms with E-state index in [1.165, 1.54) is 18.4 Å². The molecule has 1 saturated carbocycles. The fourth-order valence-corrected chi connectivity index (χ4v) is 3.22. The molecule has 1 aliphatic rings. The summed E-state index contributed by atoms with van der Waals surface area (Å²) in [5.74, 6) is 1.33. The highest BCUT2D eigenvalue weighted by Crippen LogP contribution is 2.41. The summed E-state index contributed by atoms with van der Waals surface area (Å²) in [6.45, 7) is 1.05. The van der Waals surface area contributed by atoms with E-state index in [9.17, 15) is 0 Å². The van der Waals surface area contributed by atoms with Crippen LogP contribution in [0.2, 0.25) is 0 Å². The topological polar surface area (TPSA) is 86.2 Å². The highest BCUT2D eigenvalue weighted by atomic mass is 35.5. The summed E-state index contributed by atoms with van der Waals surface area (Å²) in [5, 5.41) is 11.1. The van der Waals surface area contributed by atoms with Crippen molar-refractivity contribution >= 4 is 18.4 Å². The van der Waals surface area contributed by atoms with Gasteiger partial charge in [-0.2, -0.15) is 0 Å². The van der Waals surface area contributed by atoms with Crippen LogP contribution in [0, 0.1) is 0 Å². The maximum atomic E-state index is 5.49. The summed E-state index contributed by atoms with van der Waals surface area (Å²) < 4.78 is 10.7. The number of ether oxygens (including phenoxy) is 1. The fourth-order valence-electron chi connectivity index (χ4n) is 3.22. The highest BCUT2D eigenvalue weighted by Gasteiger charge is 2.35. The third-order valence-electron chi connectivity index (χ3n) is 4.48. The number of nitrogens with one attached hydrogen (secondary N) is 1. The Kier molecular flexibility index (Phi) is 5.85. The lowest BCUT2D eigenvalue weighted by atomic mass is 9.79. The number of methoxy groups -OCH3 is 1. The largest absolute Gasteiger partial charge is 0.497 e.